The molecule has 2 aliphatic heterocycles. The van der Waals surface area contributed by atoms with E-state index >= 15 is 0 Å². The monoisotopic (exact) mass is 506 g/mol. The zero-order valence-corrected chi connectivity index (χ0v) is 18.0. The van der Waals surface area contributed by atoms with Gasteiger partial charge in [-0.3, -0.25) is 14.1 Å². The first-order chi connectivity index (χ1) is 15.2. The summed E-state index contributed by atoms with van der Waals surface area (Å²) in [5.74, 6) is -1.70. The van der Waals surface area contributed by atoms with E-state index in [1.165, 1.54) is 4.90 Å². The number of amides is 2. The Morgan fingerprint density at radius 1 is 1.27 bits per heavy atom. The van der Waals surface area contributed by atoms with Crippen molar-refractivity contribution >= 4 is 75.5 Å². The number of anilines is 1. The molecule has 2 amide bonds. The Morgan fingerprint density at radius 2 is 1.97 bits per heavy atom. The van der Waals surface area contributed by atoms with Crippen LogP contribution in [0.2, 0.25) is 0 Å². The van der Waals surface area contributed by atoms with Crippen LogP contribution in [0.15, 0.2) is 35.5 Å². The van der Waals surface area contributed by atoms with E-state index in [9.17, 15) is 22.8 Å². The SMILES string of the molecule is Nc1nc(SCC(=O)N2CC[C@@H]3[C@H]2C(=O)N3S(=O)(=O)O)n(C(=O)OCc2ccccc2)n1.[NaH]. The minimum absolute atomic E-state index is 0. The molecule has 2 aliphatic rings. The molecular weight excluding hydrogens is 487 g/mol. The number of nitrogens with zero attached hydrogens (tertiary/aromatic N) is 5. The number of hydrogen-bond acceptors (Lipinski definition) is 10. The average Bonchev–Trinajstić information content (AvgIpc) is 3.30. The molecule has 172 valence electrons. The van der Waals surface area contributed by atoms with E-state index in [1.807, 2.05) is 6.07 Å². The van der Waals surface area contributed by atoms with E-state index in [1.54, 1.807) is 24.3 Å². The third-order valence-corrected chi connectivity index (χ3v) is 6.86. The first-order valence-electron chi connectivity index (χ1n) is 9.33. The number of fused-ring (bicyclic) bond motifs is 1. The molecule has 0 bridgehead atoms. The van der Waals surface area contributed by atoms with E-state index < -0.39 is 40.3 Å². The summed E-state index contributed by atoms with van der Waals surface area (Å²) in [6, 6.07) is 7.28. The Labute approximate surface area is 214 Å². The van der Waals surface area contributed by atoms with Gasteiger partial charge in [-0.15, -0.1) is 9.78 Å². The Balaban J connectivity index is 0.00000306. The van der Waals surface area contributed by atoms with Gasteiger partial charge in [0.05, 0.1) is 11.8 Å². The molecule has 16 heteroatoms. The summed E-state index contributed by atoms with van der Waals surface area (Å²) in [6.07, 6.45) is -0.603. The third kappa shape index (κ3) is 5.17. The Morgan fingerprint density at radius 3 is 2.64 bits per heavy atom. The van der Waals surface area contributed by atoms with Gasteiger partial charge in [-0.25, -0.2) is 9.10 Å². The summed E-state index contributed by atoms with van der Waals surface area (Å²) in [5.41, 5.74) is 6.36. The third-order valence-electron chi connectivity index (χ3n) is 5.00. The van der Waals surface area contributed by atoms with Crippen molar-refractivity contribution in [1.82, 2.24) is 24.0 Å². The topological polar surface area (TPSA) is 178 Å². The van der Waals surface area contributed by atoms with Crippen molar-refractivity contribution in [2.45, 2.75) is 30.3 Å². The molecule has 3 heterocycles. The van der Waals surface area contributed by atoms with Crippen LogP contribution in [-0.4, -0.2) is 109 Å². The summed E-state index contributed by atoms with van der Waals surface area (Å²) in [7, 11) is -4.66. The molecule has 4 rings (SSSR count). The second kappa shape index (κ2) is 9.99. The van der Waals surface area contributed by atoms with Crippen LogP contribution in [0.5, 0.6) is 0 Å². The van der Waals surface area contributed by atoms with Gasteiger partial charge in [-0.05, 0) is 12.0 Å². The number of aromatic nitrogens is 3. The number of hydrogen-bond donors (Lipinski definition) is 2. The van der Waals surface area contributed by atoms with Gasteiger partial charge in [0.1, 0.15) is 12.6 Å². The zero-order chi connectivity index (χ0) is 23.0. The van der Waals surface area contributed by atoms with Crippen LogP contribution < -0.4 is 5.73 Å². The van der Waals surface area contributed by atoms with Crippen molar-refractivity contribution in [3.63, 3.8) is 0 Å². The normalized spacial score (nSPS) is 19.5. The number of nitrogen functional groups attached to an aromatic ring is 1. The molecule has 0 radical (unpaired) electrons. The van der Waals surface area contributed by atoms with E-state index in [0.29, 0.717) is 4.31 Å². The van der Waals surface area contributed by atoms with Crippen molar-refractivity contribution in [3.8, 4) is 0 Å². The van der Waals surface area contributed by atoms with Gasteiger partial charge in [-0.2, -0.15) is 13.4 Å². The molecule has 0 unspecified atom stereocenters. The fourth-order valence-corrected chi connectivity index (χ4v) is 5.32. The number of rotatable bonds is 6. The number of ether oxygens (including phenoxy) is 1. The molecule has 13 nitrogen and oxygen atoms in total. The van der Waals surface area contributed by atoms with Crippen LogP contribution in [0.4, 0.5) is 10.7 Å². The van der Waals surface area contributed by atoms with Crippen LogP contribution in [0, 0.1) is 0 Å². The molecule has 1 aromatic carbocycles. The number of thioether (sulfide) groups is 1. The Kier molecular flexibility index (Phi) is 7.70. The number of likely N-dealkylation sites (tertiary alicyclic amines) is 1. The summed E-state index contributed by atoms with van der Waals surface area (Å²) in [4.78, 5) is 42.3. The van der Waals surface area contributed by atoms with Gasteiger partial charge in [0.15, 0.2) is 5.16 Å². The van der Waals surface area contributed by atoms with Crippen molar-refractivity contribution in [2.24, 2.45) is 0 Å². The predicted molar refractivity (Wildman–Crippen MR) is 117 cm³/mol. The van der Waals surface area contributed by atoms with Crippen LogP contribution in [-0.2, 0) is 31.2 Å². The summed E-state index contributed by atoms with van der Waals surface area (Å²) < 4.78 is 38.1. The molecule has 0 aliphatic carbocycles. The summed E-state index contributed by atoms with van der Waals surface area (Å²) >= 11 is 0.873. The molecule has 0 spiro atoms. The standard InChI is InChI=1S/C17H18N6O7S2.Na.H/c18-15-19-16(22(20-15)17(26)30-8-10-4-2-1-3-5-10)31-9-12(24)21-7-6-11-13(21)14(25)23(11)32(27,28)29;;/h1-5,11,13H,6-9H2,(H2,18,20)(H,27,28,29);;/t11-,13+;;/m1../s1. The molecule has 0 saturated carbocycles. The maximum absolute atomic E-state index is 12.6. The van der Waals surface area contributed by atoms with Gasteiger partial charge >= 0.3 is 46.0 Å². The van der Waals surface area contributed by atoms with Gasteiger partial charge < -0.3 is 15.4 Å². The molecule has 2 aromatic rings. The van der Waals surface area contributed by atoms with Gasteiger partial charge in [0, 0.05) is 6.54 Å². The molecule has 2 atom stereocenters. The molecule has 3 N–H and O–H groups in total. The van der Waals surface area contributed by atoms with Crippen LogP contribution in [0.1, 0.15) is 12.0 Å². The van der Waals surface area contributed by atoms with Crippen molar-refractivity contribution in [3.05, 3.63) is 35.9 Å². The number of carbonyl (C=O) groups excluding carboxylic acids is 3. The molecule has 33 heavy (non-hydrogen) atoms. The van der Waals surface area contributed by atoms with Crippen LogP contribution >= 0.6 is 11.8 Å². The molecule has 2 fully saturated rings. The van der Waals surface area contributed by atoms with Crippen molar-refractivity contribution < 1.29 is 32.1 Å². The van der Waals surface area contributed by atoms with Crippen LogP contribution in [0.3, 0.4) is 0 Å². The van der Waals surface area contributed by atoms with Gasteiger partial charge in [0.2, 0.25) is 11.9 Å². The second-order valence-electron chi connectivity index (χ2n) is 6.99. The van der Waals surface area contributed by atoms with Crippen molar-refractivity contribution in [1.29, 1.82) is 0 Å². The fraction of sp³-hybridized carbons (Fsp3) is 0.353. The Bertz CT molecular complexity index is 1180. The van der Waals surface area contributed by atoms with E-state index in [2.05, 4.69) is 10.1 Å². The van der Waals surface area contributed by atoms with E-state index in [4.69, 9.17) is 15.0 Å². The maximum atomic E-state index is 12.6. The van der Waals surface area contributed by atoms with Gasteiger partial charge in [0.25, 0.3) is 5.91 Å². The molecule has 1 aromatic heterocycles. The van der Waals surface area contributed by atoms with Gasteiger partial charge in [-0.1, -0.05) is 42.1 Å². The van der Waals surface area contributed by atoms with Crippen LogP contribution in [0.25, 0.3) is 0 Å². The van der Waals surface area contributed by atoms with E-state index in [-0.39, 0.29) is 66.0 Å². The number of β-lactam (4-membered cyclic amide) rings is 1. The predicted octanol–water partition coefficient (Wildman–Crippen LogP) is -0.897. The number of nitrogens with two attached hydrogens (primary N) is 1. The van der Waals surface area contributed by atoms with Crippen molar-refractivity contribution in [2.75, 3.05) is 18.0 Å². The fourth-order valence-electron chi connectivity index (χ4n) is 3.61. The quantitative estimate of drug-likeness (QED) is 0.215. The first kappa shape index (κ1) is 25.5. The van der Waals surface area contributed by atoms with E-state index in [0.717, 1.165) is 22.0 Å². The molecule has 2 saturated heterocycles. The first-order valence-corrected chi connectivity index (χ1v) is 11.7. The summed E-state index contributed by atoms with van der Waals surface area (Å²) in [5, 5.41) is 3.82. The number of carbonyl (C=O) groups is 3. The second-order valence-corrected chi connectivity index (χ2v) is 9.22. The average molecular weight is 506 g/mol. The number of benzene rings is 1. The summed E-state index contributed by atoms with van der Waals surface area (Å²) in [6.45, 7) is 0.159. The Hall–Kier alpha value is -2.17. The zero-order valence-electron chi connectivity index (χ0n) is 16.4. The molecular formula is C17H19N6NaO7S2. The minimum atomic E-state index is -4.66.